The number of hydrogen-bond donors (Lipinski definition) is 0. The second kappa shape index (κ2) is 17.7. The van der Waals surface area contributed by atoms with Gasteiger partial charge in [-0.2, -0.15) is 0 Å². The summed E-state index contributed by atoms with van der Waals surface area (Å²) >= 11 is 3.90. The van der Waals surface area contributed by atoms with Gasteiger partial charge in [-0.3, -0.25) is 0 Å². The van der Waals surface area contributed by atoms with Gasteiger partial charge in [0, 0.05) is 75.1 Å². The van der Waals surface area contributed by atoms with Crippen molar-refractivity contribution in [1.29, 1.82) is 0 Å². The average Bonchev–Trinajstić information content (AvgIpc) is 1.15. The predicted molar refractivity (Wildman–Crippen MR) is 367 cm³/mol. The van der Waals surface area contributed by atoms with Crippen molar-refractivity contribution in [3.05, 3.63) is 198 Å². The third-order valence-electron chi connectivity index (χ3n) is 21.6. The third kappa shape index (κ3) is 7.29. The highest BCUT2D eigenvalue weighted by atomic mass is 32.1. The number of hydrogen-bond acceptors (Lipinski definition) is 5. The van der Waals surface area contributed by atoms with Crippen LogP contribution in [0.5, 0.6) is 0 Å². The molecule has 2 atom stereocenters. The largest absolute Gasteiger partial charge is 0.334 e. The number of rotatable bonds is 4. The molecule has 1 fully saturated rings. The summed E-state index contributed by atoms with van der Waals surface area (Å²) < 4.78 is 5.31. The van der Waals surface area contributed by atoms with E-state index in [0.29, 0.717) is 0 Å². The van der Waals surface area contributed by atoms with E-state index < -0.39 is 0 Å². The lowest BCUT2D eigenvalue weighted by Gasteiger charge is -2.51. The first-order valence-electron chi connectivity index (χ1n) is 31.1. The zero-order chi connectivity index (χ0) is 57.8. The third-order valence-corrected chi connectivity index (χ3v) is 23.9. The van der Waals surface area contributed by atoms with Crippen molar-refractivity contribution in [3.8, 4) is 11.1 Å². The second-order valence-electron chi connectivity index (χ2n) is 29.4. The molecule has 0 spiro atoms. The number of fused-ring (bicyclic) bond motifs is 15. The number of thiophene rings is 2. The van der Waals surface area contributed by atoms with Crippen LogP contribution >= 0.6 is 22.7 Å². The molecule has 3 nitrogen and oxygen atoms in total. The van der Waals surface area contributed by atoms with Crippen molar-refractivity contribution in [2.75, 3.05) is 14.7 Å². The molecule has 2 unspecified atom stereocenters. The van der Waals surface area contributed by atoms with Crippen molar-refractivity contribution in [2.24, 2.45) is 0 Å². The Morgan fingerprint density at radius 3 is 1.79 bits per heavy atom. The molecule has 9 aromatic carbocycles. The Morgan fingerprint density at radius 1 is 0.440 bits per heavy atom. The fraction of sp³-hybridized carbons (Fsp3) is 0.308. The first kappa shape index (κ1) is 52.4. The van der Waals surface area contributed by atoms with Crippen molar-refractivity contribution >= 4 is 132 Å². The molecule has 0 saturated heterocycles. The van der Waals surface area contributed by atoms with Gasteiger partial charge in [-0.15, -0.1) is 22.7 Å². The average molecular weight is 1130 g/mol. The topological polar surface area (TPSA) is 9.72 Å². The Hall–Kier alpha value is -7.12. The molecule has 16 rings (SSSR count). The molecule has 0 N–H and O–H groups in total. The van der Waals surface area contributed by atoms with Crippen LogP contribution in [0.3, 0.4) is 0 Å². The molecule has 5 heterocycles. The molecule has 6 heteroatoms. The van der Waals surface area contributed by atoms with E-state index in [2.05, 4.69) is 268 Å². The lowest BCUT2D eigenvalue weighted by atomic mass is 9.33. The molecule has 0 bridgehead atoms. The van der Waals surface area contributed by atoms with Crippen LogP contribution in [0.15, 0.2) is 170 Å². The normalized spacial score (nSPS) is 20.3. The van der Waals surface area contributed by atoms with Crippen molar-refractivity contribution in [2.45, 2.75) is 154 Å². The molecule has 1 saturated carbocycles. The maximum absolute atomic E-state index is 2.88. The molecule has 0 radical (unpaired) electrons. The minimum absolute atomic E-state index is 0.00229. The van der Waals surface area contributed by atoms with E-state index in [1.165, 1.54) is 154 Å². The summed E-state index contributed by atoms with van der Waals surface area (Å²) in [5, 5.41) is 5.29. The minimum atomic E-state index is -0.195. The summed E-state index contributed by atoms with van der Waals surface area (Å²) in [6.45, 7) is 29.5. The van der Waals surface area contributed by atoms with Crippen LogP contribution in [0, 0.1) is 0 Å². The molecule has 3 aliphatic heterocycles. The van der Waals surface area contributed by atoms with Crippen LogP contribution in [-0.4, -0.2) is 12.3 Å². The Balaban J connectivity index is 1.11. The quantitative estimate of drug-likeness (QED) is 0.163. The van der Waals surface area contributed by atoms with Crippen LogP contribution in [-0.2, 0) is 27.1 Å². The molecule has 11 aromatic rings. The minimum Gasteiger partial charge on any atom is -0.334 e. The number of benzene rings is 9. The molecule has 5 aliphatic rings. The fourth-order valence-corrected chi connectivity index (χ4v) is 18.9. The van der Waals surface area contributed by atoms with Gasteiger partial charge in [0.1, 0.15) is 0 Å². The first-order chi connectivity index (χ1) is 40.1. The van der Waals surface area contributed by atoms with Gasteiger partial charge >= 0.3 is 0 Å². The molecule has 418 valence electrons. The summed E-state index contributed by atoms with van der Waals surface area (Å²) in [5.74, 6) is 0. The lowest BCUT2D eigenvalue weighted by Crippen LogP contribution is -2.62. The van der Waals surface area contributed by atoms with E-state index in [4.69, 9.17) is 0 Å². The Labute approximate surface area is 506 Å². The molecular weight excluding hydrogens is 1050 g/mol. The smallest absolute Gasteiger partial charge is 0.252 e. The molecule has 2 aromatic heterocycles. The second-order valence-corrected chi connectivity index (χ2v) is 31.6. The number of nitrogens with zero attached hydrogens (tertiary/aromatic N) is 3. The van der Waals surface area contributed by atoms with E-state index in [1.807, 2.05) is 22.7 Å². The van der Waals surface area contributed by atoms with Gasteiger partial charge in [0.05, 0.1) is 27.3 Å². The molecule has 2 aliphatic carbocycles. The van der Waals surface area contributed by atoms with Gasteiger partial charge in [0.15, 0.2) is 0 Å². The van der Waals surface area contributed by atoms with E-state index in [-0.39, 0.29) is 39.3 Å². The van der Waals surface area contributed by atoms with Crippen LogP contribution in [0.1, 0.15) is 149 Å². The predicted octanol–water partition coefficient (Wildman–Crippen LogP) is 20.9. The summed E-state index contributed by atoms with van der Waals surface area (Å²) in [5.41, 5.74) is 23.8. The van der Waals surface area contributed by atoms with Gasteiger partial charge < -0.3 is 14.7 Å². The highest BCUT2D eigenvalue weighted by molar-refractivity contribution is 7.27. The molecular formula is C78H76BN3S2. The lowest BCUT2D eigenvalue weighted by molar-refractivity contribution is 0.195. The fourth-order valence-electron chi connectivity index (χ4n) is 16.5. The summed E-state index contributed by atoms with van der Waals surface area (Å²) in [4.78, 5) is 8.45. The Kier molecular flexibility index (Phi) is 11.1. The van der Waals surface area contributed by atoms with Crippen LogP contribution in [0.25, 0.3) is 51.5 Å². The van der Waals surface area contributed by atoms with E-state index in [9.17, 15) is 0 Å². The van der Waals surface area contributed by atoms with Gasteiger partial charge in [-0.25, -0.2) is 0 Å². The summed E-state index contributed by atoms with van der Waals surface area (Å²) in [6.07, 6.45) is 7.01. The van der Waals surface area contributed by atoms with Gasteiger partial charge in [0.25, 0.3) is 6.71 Å². The van der Waals surface area contributed by atoms with Gasteiger partial charge in [-0.1, -0.05) is 198 Å². The zero-order valence-corrected chi connectivity index (χ0v) is 52.8. The van der Waals surface area contributed by atoms with E-state index in [0.717, 1.165) is 25.7 Å². The highest BCUT2D eigenvalue weighted by Gasteiger charge is 2.59. The SMILES string of the molecule is CC(C)(C)c1ccc(N2c3cc(N4c5ccc(C(C)(C)C)cc5C5(C)CCCCC45C)cc4c3B(c3cc5c(cc3N4c3cccc4sc6ccccc6c34)C(C)(C)CCC5(C)C)c3ccc4c(sc5ccccc54)c32)c(-c2ccccc2)c1. The monoisotopic (exact) mass is 1130 g/mol. The van der Waals surface area contributed by atoms with Crippen LogP contribution < -0.4 is 31.1 Å². The Bertz CT molecular complexity index is 4600. The standard InChI is InChI=1S/C78H76BN3S2/c1-73(2,3)48-31-35-60(54(41-48)47-23-14-13-15-24-47)81-65-44-50(82-61-36-32-49(74(4,5)6)42-57(61)77(11)37-20-21-38-78(77,82)12)43-64-70(65)79(58-34-33-52-51-25-16-18-28-66(51)84-72(52)71(58)81)59-45-55-56(76(9,10)40-39-75(55,7)8)46-63(59)80(64)62-27-22-30-68-69(62)53-26-17-19-29-67(53)83-68/h13-19,22-36,41-46H,20-21,37-40H2,1-12H3. The first-order valence-corrected chi connectivity index (χ1v) is 32.7. The van der Waals surface area contributed by atoms with Crippen molar-refractivity contribution < 1.29 is 0 Å². The van der Waals surface area contributed by atoms with Crippen molar-refractivity contribution in [1.82, 2.24) is 0 Å². The molecule has 0 amide bonds. The Morgan fingerprint density at radius 2 is 1.06 bits per heavy atom. The highest BCUT2D eigenvalue weighted by Crippen LogP contribution is 2.63. The van der Waals surface area contributed by atoms with Crippen LogP contribution in [0.4, 0.5) is 45.5 Å². The molecule has 84 heavy (non-hydrogen) atoms. The van der Waals surface area contributed by atoms with E-state index >= 15 is 0 Å². The zero-order valence-electron chi connectivity index (χ0n) is 51.1. The van der Waals surface area contributed by atoms with E-state index in [1.54, 1.807) is 0 Å². The maximum Gasteiger partial charge on any atom is 0.252 e. The summed E-state index contributed by atoms with van der Waals surface area (Å²) in [6, 6.07) is 67.6. The van der Waals surface area contributed by atoms with Crippen LogP contribution in [0.2, 0.25) is 0 Å². The van der Waals surface area contributed by atoms with Crippen molar-refractivity contribution in [3.63, 3.8) is 0 Å². The maximum atomic E-state index is 2.88. The summed E-state index contributed by atoms with van der Waals surface area (Å²) in [7, 11) is 0. The van der Waals surface area contributed by atoms with Gasteiger partial charge in [0.2, 0.25) is 0 Å². The number of anilines is 8. The van der Waals surface area contributed by atoms with Gasteiger partial charge in [-0.05, 0) is 165 Å².